The van der Waals surface area contributed by atoms with E-state index in [-0.39, 0.29) is 29.9 Å². The number of nitrogens with zero attached hydrogens (tertiary/aromatic N) is 4. The number of methoxy groups -OCH3 is 1. The van der Waals surface area contributed by atoms with E-state index in [9.17, 15) is 4.79 Å². The molecule has 3 rings (SSSR count). The molecular formula is C22H31IN6O2. The number of anilines is 1. The van der Waals surface area contributed by atoms with Gasteiger partial charge in [0.15, 0.2) is 5.96 Å². The number of piperazine rings is 1. The van der Waals surface area contributed by atoms with Crippen molar-refractivity contribution >= 4 is 41.7 Å². The van der Waals surface area contributed by atoms with Crippen molar-refractivity contribution < 1.29 is 9.53 Å². The highest BCUT2D eigenvalue weighted by Crippen LogP contribution is 2.13. The van der Waals surface area contributed by atoms with E-state index in [0.29, 0.717) is 25.5 Å². The summed E-state index contributed by atoms with van der Waals surface area (Å²) in [5.41, 5.74) is 1.10. The first-order valence-electron chi connectivity index (χ1n) is 10.2. The normalized spacial score (nSPS) is 13.9. The Balaban J connectivity index is 0.00000341. The van der Waals surface area contributed by atoms with Gasteiger partial charge in [-0.2, -0.15) is 0 Å². The van der Waals surface area contributed by atoms with E-state index in [1.807, 2.05) is 47.4 Å². The maximum atomic E-state index is 12.5. The standard InChI is InChI=1S/C22H30N6O2.HI/c1-23-22(26-17-18-6-5-7-19(16-18)30-2)25-11-9-21(29)28-14-12-27(13-15-28)20-8-3-4-10-24-20;/h3-8,10,16H,9,11-15,17H2,1-2H3,(H2,23,25,26);1H. The number of carbonyl (C=O) groups is 1. The topological polar surface area (TPSA) is 82.1 Å². The first-order valence-corrected chi connectivity index (χ1v) is 10.2. The van der Waals surface area contributed by atoms with Crippen LogP contribution in [0.1, 0.15) is 12.0 Å². The van der Waals surface area contributed by atoms with E-state index in [1.54, 1.807) is 20.4 Å². The van der Waals surface area contributed by atoms with Crippen LogP contribution < -0.4 is 20.3 Å². The molecule has 0 atom stereocenters. The molecule has 0 radical (unpaired) electrons. The van der Waals surface area contributed by atoms with Crippen LogP contribution >= 0.6 is 24.0 Å². The quantitative estimate of drug-likeness (QED) is 0.320. The van der Waals surface area contributed by atoms with Gasteiger partial charge in [0, 0.05) is 58.9 Å². The van der Waals surface area contributed by atoms with Gasteiger partial charge in [-0.1, -0.05) is 18.2 Å². The molecule has 31 heavy (non-hydrogen) atoms. The third-order valence-electron chi connectivity index (χ3n) is 5.05. The Morgan fingerprint density at radius 1 is 1.13 bits per heavy atom. The molecule has 0 spiro atoms. The van der Waals surface area contributed by atoms with Gasteiger partial charge in [-0.3, -0.25) is 9.79 Å². The van der Waals surface area contributed by atoms with Gasteiger partial charge in [0.2, 0.25) is 5.91 Å². The number of aliphatic imine (C=N–C) groups is 1. The van der Waals surface area contributed by atoms with E-state index in [4.69, 9.17) is 4.74 Å². The van der Waals surface area contributed by atoms with Crippen LogP contribution in [0.2, 0.25) is 0 Å². The lowest BCUT2D eigenvalue weighted by Crippen LogP contribution is -2.49. The zero-order valence-corrected chi connectivity index (χ0v) is 20.4. The molecule has 0 unspecified atom stereocenters. The van der Waals surface area contributed by atoms with Gasteiger partial charge in [0.25, 0.3) is 0 Å². The lowest BCUT2D eigenvalue weighted by Gasteiger charge is -2.35. The summed E-state index contributed by atoms with van der Waals surface area (Å²) in [4.78, 5) is 25.3. The number of hydrogen-bond donors (Lipinski definition) is 2. The summed E-state index contributed by atoms with van der Waals surface area (Å²) in [6, 6.07) is 13.8. The van der Waals surface area contributed by atoms with E-state index in [1.165, 1.54) is 0 Å². The Kier molecular flexibility index (Phi) is 10.3. The fourth-order valence-electron chi connectivity index (χ4n) is 3.36. The summed E-state index contributed by atoms with van der Waals surface area (Å²) in [6.07, 6.45) is 2.23. The molecule has 1 fully saturated rings. The number of ether oxygens (including phenoxy) is 1. The summed E-state index contributed by atoms with van der Waals surface area (Å²) in [6.45, 7) is 4.22. The van der Waals surface area contributed by atoms with Crippen LogP contribution in [0.3, 0.4) is 0 Å². The number of benzene rings is 1. The van der Waals surface area contributed by atoms with Crippen molar-refractivity contribution in [1.82, 2.24) is 20.5 Å². The van der Waals surface area contributed by atoms with Crippen molar-refractivity contribution in [3.8, 4) is 5.75 Å². The molecule has 0 saturated carbocycles. The first kappa shape index (κ1) is 24.7. The van der Waals surface area contributed by atoms with Crippen LogP contribution in [0.4, 0.5) is 5.82 Å². The van der Waals surface area contributed by atoms with E-state index in [0.717, 1.165) is 43.3 Å². The molecule has 0 bridgehead atoms. The van der Waals surface area contributed by atoms with E-state index >= 15 is 0 Å². The molecule has 1 saturated heterocycles. The van der Waals surface area contributed by atoms with Crippen molar-refractivity contribution in [2.75, 3.05) is 51.8 Å². The van der Waals surface area contributed by atoms with Gasteiger partial charge in [-0.15, -0.1) is 24.0 Å². The van der Waals surface area contributed by atoms with E-state index in [2.05, 4.69) is 25.5 Å². The second-order valence-corrected chi connectivity index (χ2v) is 7.01. The molecular weight excluding hydrogens is 507 g/mol. The average Bonchev–Trinajstić information content (AvgIpc) is 2.82. The SMILES string of the molecule is CN=C(NCCC(=O)N1CCN(c2ccccn2)CC1)NCc1cccc(OC)c1.I. The molecule has 2 aromatic rings. The predicted molar refractivity (Wildman–Crippen MR) is 134 cm³/mol. The zero-order valence-electron chi connectivity index (χ0n) is 18.1. The van der Waals surface area contributed by atoms with Crippen molar-refractivity contribution in [1.29, 1.82) is 0 Å². The summed E-state index contributed by atoms with van der Waals surface area (Å²) in [5.74, 6) is 2.63. The van der Waals surface area contributed by atoms with Crippen molar-refractivity contribution in [3.05, 3.63) is 54.2 Å². The number of nitrogens with one attached hydrogen (secondary N) is 2. The molecule has 1 amide bonds. The minimum atomic E-state index is 0. The average molecular weight is 538 g/mol. The monoisotopic (exact) mass is 538 g/mol. The number of carbonyl (C=O) groups excluding carboxylic acids is 1. The van der Waals surface area contributed by atoms with Gasteiger partial charge in [-0.25, -0.2) is 4.98 Å². The number of pyridine rings is 1. The Bertz CT molecular complexity index is 841. The lowest BCUT2D eigenvalue weighted by molar-refractivity contribution is -0.131. The Morgan fingerprint density at radius 2 is 1.94 bits per heavy atom. The number of guanidine groups is 1. The molecule has 1 aromatic heterocycles. The smallest absolute Gasteiger partial charge is 0.224 e. The molecule has 1 aromatic carbocycles. The Hall–Kier alpha value is -2.56. The van der Waals surface area contributed by atoms with Crippen LogP contribution in [-0.2, 0) is 11.3 Å². The number of halogens is 1. The zero-order chi connectivity index (χ0) is 21.2. The van der Waals surface area contributed by atoms with Crippen LogP contribution in [-0.4, -0.2) is 68.6 Å². The third-order valence-corrected chi connectivity index (χ3v) is 5.05. The fourth-order valence-corrected chi connectivity index (χ4v) is 3.36. The lowest BCUT2D eigenvalue weighted by atomic mass is 10.2. The maximum absolute atomic E-state index is 12.5. The van der Waals surface area contributed by atoms with Gasteiger partial charge in [0.1, 0.15) is 11.6 Å². The van der Waals surface area contributed by atoms with Crippen molar-refractivity contribution in [2.24, 2.45) is 4.99 Å². The molecule has 1 aliphatic heterocycles. The second kappa shape index (κ2) is 13.0. The van der Waals surface area contributed by atoms with Gasteiger partial charge in [-0.05, 0) is 29.8 Å². The molecule has 1 aliphatic rings. The third kappa shape index (κ3) is 7.57. The number of aromatic nitrogens is 1. The summed E-state index contributed by atoms with van der Waals surface area (Å²) in [5, 5.41) is 6.47. The van der Waals surface area contributed by atoms with Gasteiger partial charge >= 0.3 is 0 Å². The minimum absolute atomic E-state index is 0. The number of hydrogen-bond acceptors (Lipinski definition) is 5. The highest BCUT2D eigenvalue weighted by atomic mass is 127. The van der Waals surface area contributed by atoms with Crippen LogP contribution in [0.25, 0.3) is 0 Å². The molecule has 9 heteroatoms. The first-order chi connectivity index (χ1) is 14.7. The number of amides is 1. The fraction of sp³-hybridized carbons (Fsp3) is 0.409. The molecule has 2 heterocycles. The Morgan fingerprint density at radius 3 is 2.61 bits per heavy atom. The summed E-state index contributed by atoms with van der Waals surface area (Å²) >= 11 is 0. The number of rotatable bonds is 7. The van der Waals surface area contributed by atoms with Crippen molar-refractivity contribution in [3.63, 3.8) is 0 Å². The maximum Gasteiger partial charge on any atom is 0.224 e. The van der Waals surface area contributed by atoms with Crippen LogP contribution in [0.5, 0.6) is 5.75 Å². The van der Waals surface area contributed by atoms with E-state index < -0.39 is 0 Å². The predicted octanol–water partition coefficient (Wildman–Crippen LogP) is 2.11. The highest BCUT2D eigenvalue weighted by molar-refractivity contribution is 14.0. The second-order valence-electron chi connectivity index (χ2n) is 7.01. The largest absolute Gasteiger partial charge is 0.497 e. The molecule has 8 nitrogen and oxygen atoms in total. The summed E-state index contributed by atoms with van der Waals surface area (Å²) in [7, 11) is 3.38. The minimum Gasteiger partial charge on any atom is -0.497 e. The molecule has 2 N–H and O–H groups in total. The van der Waals surface area contributed by atoms with Crippen molar-refractivity contribution in [2.45, 2.75) is 13.0 Å². The van der Waals surface area contributed by atoms with Gasteiger partial charge in [0.05, 0.1) is 7.11 Å². The highest BCUT2D eigenvalue weighted by Gasteiger charge is 2.21. The van der Waals surface area contributed by atoms with Crippen LogP contribution in [0.15, 0.2) is 53.7 Å². The molecule has 0 aliphatic carbocycles. The Labute approximate surface area is 201 Å². The van der Waals surface area contributed by atoms with Crippen LogP contribution in [0, 0.1) is 0 Å². The molecule has 168 valence electrons. The summed E-state index contributed by atoms with van der Waals surface area (Å²) < 4.78 is 5.25. The van der Waals surface area contributed by atoms with Gasteiger partial charge < -0.3 is 25.2 Å².